The highest BCUT2D eigenvalue weighted by Gasteiger charge is 2.16. The van der Waals surface area contributed by atoms with Crippen LogP contribution in [0.4, 0.5) is 10.5 Å². The number of rotatable bonds is 7. The highest BCUT2D eigenvalue weighted by Crippen LogP contribution is 2.18. The van der Waals surface area contributed by atoms with Crippen LogP contribution in [0.25, 0.3) is 0 Å². The number of urea groups is 1. The van der Waals surface area contributed by atoms with Gasteiger partial charge in [0.05, 0.1) is 30.2 Å². The molecule has 0 aliphatic heterocycles. The van der Waals surface area contributed by atoms with Gasteiger partial charge in [0.2, 0.25) is 0 Å². The zero-order valence-electron chi connectivity index (χ0n) is 14.5. The molecular formula is C18H26N4O2. The Morgan fingerprint density at radius 3 is 2.58 bits per heavy atom. The molecule has 1 aromatic heterocycles. The van der Waals surface area contributed by atoms with Crippen molar-refractivity contribution in [2.24, 2.45) is 5.92 Å². The number of nitrogens with one attached hydrogen (secondary N) is 2. The largest absolute Gasteiger partial charge is 0.394 e. The van der Waals surface area contributed by atoms with E-state index < -0.39 is 6.04 Å². The smallest absolute Gasteiger partial charge is 0.319 e. The molecule has 6 nitrogen and oxygen atoms in total. The average Bonchev–Trinajstić information content (AvgIpc) is 2.94. The molecule has 0 saturated carbocycles. The number of carbonyl (C=O) groups is 1. The van der Waals surface area contributed by atoms with Crippen LogP contribution in [0, 0.1) is 5.92 Å². The third-order valence-electron chi connectivity index (χ3n) is 3.76. The molecule has 6 heteroatoms. The highest BCUT2D eigenvalue weighted by molar-refractivity contribution is 5.90. The minimum atomic E-state index is -0.443. The number of amides is 2. The molecular weight excluding hydrogens is 304 g/mol. The lowest BCUT2D eigenvalue weighted by molar-refractivity contribution is 0.225. The molecule has 0 spiro atoms. The molecule has 24 heavy (non-hydrogen) atoms. The number of hydrogen-bond donors (Lipinski definition) is 3. The third-order valence-corrected chi connectivity index (χ3v) is 3.76. The van der Waals surface area contributed by atoms with Crippen molar-refractivity contribution in [1.82, 2.24) is 15.1 Å². The summed E-state index contributed by atoms with van der Waals surface area (Å²) in [7, 11) is 0. The van der Waals surface area contributed by atoms with Crippen LogP contribution in [0.2, 0.25) is 0 Å². The number of carbonyl (C=O) groups excluding carboxylic acids is 1. The van der Waals surface area contributed by atoms with E-state index in [0.29, 0.717) is 11.6 Å². The molecule has 0 fully saturated rings. The van der Waals surface area contributed by atoms with Crippen molar-refractivity contribution in [2.75, 3.05) is 11.9 Å². The van der Waals surface area contributed by atoms with Crippen molar-refractivity contribution in [3.63, 3.8) is 0 Å². The lowest BCUT2D eigenvalue weighted by atomic mass is 10.1. The van der Waals surface area contributed by atoms with Crippen molar-refractivity contribution in [3.8, 4) is 0 Å². The summed E-state index contributed by atoms with van der Waals surface area (Å²) < 4.78 is 1.93. The van der Waals surface area contributed by atoms with Crippen molar-refractivity contribution in [1.29, 1.82) is 0 Å². The van der Waals surface area contributed by atoms with Crippen LogP contribution >= 0.6 is 0 Å². The van der Waals surface area contributed by atoms with E-state index in [1.807, 2.05) is 41.9 Å². The Labute approximate surface area is 142 Å². The third kappa shape index (κ3) is 4.58. The number of hydrogen-bond acceptors (Lipinski definition) is 3. The zero-order chi connectivity index (χ0) is 17.5. The fourth-order valence-corrected chi connectivity index (χ4v) is 2.63. The van der Waals surface area contributed by atoms with Gasteiger partial charge >= 0.3 is 6.03 Å². The SMILES string of the molecule is CCc1c(NC(=O)N[C@H](CO)c2ccccc2)cnn1CC(C)C. The lowest BCUT2D eigenvalue weighted by Gasteiger charge is -2.17. The number of aromatic nitrogens is 2. The number of nitrogens with zero attached hydrogens (tertiary/aromatic N) is 2. The summed E-state index contributed by atoms with van der Waals surface area (Å²) in [5, 5.41) is 19.5. The first-order valence-corrected chi connectivity index (χ1v) is 8.33. The van der Waals surface area contributed by atoms with E-state index in [2.05, 4.69) is 29.6 Å². The second kappa shape index (κ2) is 8.49. The maximum Gasteiger partial charge on any atom is 0.319 e. The molecule has 0 bridgehead atoms. The van der Waals surface area contributed by atoms with Crippen LogP contribution < -0.4 is 10.6 Å². The summed E-state index contributed by atoms with van der Waals surface area (Å²) in [6.07, 6.45) is 2.46. The van der Waals surface area contributed by atoms with Crippen molar-refractivity contribution >= 4 is 11.7 Å². The van der Waals surface area contributed by atoms with Crippen molar-refractivity contribution in [3.05, 3.63) is 47.8 Å². The van der Waals surface area contributed by atoms with E-state index in [0.717, 1.165) is 24.2 Å². The summed E-state index contributed by atoms with van der Waals surface area (Å²) in [6, 6.07) is 8.61. The fourth-order valence-electron chi connectivity index (χ4n) is 2.63. The van der Waals surface area contributed by atoms with Gasteiger partial charge in [0.25, 0.3) is 0 Å². The van der Waals surface area contributed by atoms with Gasteiger partial charge in [-0.1, -0.05) is 51.1 Å². The van der Waals surface area contributed by atoms with Crippen LogP contribution in [-0.4, -0.2) is 27.5 Å². The summed E-state index contributed by atoms with van der Waals surface area (Å²) >= 11 is 0. The fraction of sp³-hybridized carbons (Fsp3) is 0.444. The van der Waals surface area contributed by atoms with E-state index in [1.165, 1.54) is 0 Å². The average molecular weight is 330 g/mol. The van der Waals surface area contributed by atoms with E-state index in [1.54, 1.807) is 6.20 Å². The molecule has 0 aliphatic carbocycles. The molecule has 0 unspecified atom stereocenters. The molecule has 130 valence electrons. The molecule has 2 amide bonds. The Hall–Kier alpha value is -2.34. The second-order valence-electron chi connectivity index (χ2n) is 6.18. The molecule has 1 aromatic carbocycles. The van der Waals surface area contributed by atoms with Gasteiger partial charge in [-0.15, -0.1) is 0 Å². The Morgan fingerprint density at radius 2 is 2.00 bits per heavy atom. The summed E-state index contributed by atoms with van der Waals surface area (Å²) in [5.41, 5.74) is 2.57. The van der Waals surface area contributed by atoms with E-state index in [9.17, 15) is 9.90 Å². The van der Waals surface area contributed by atoms with Crippen LogP contribution in [0.15, 0.2) is 36.5 Å². The minimum Gasteiger partial charge on any atom is -0.394 e. The minimum absolute atomic E-state index is 0.162. The molecule has 0 saturated heterocycles. The highest BCUT2D eigenvalue weighted by atomic mass is 16.3. The molecule has 2 aromatic rings. The van der Waals surface area contributed by atoms with Gasteiger partial charge in [-0.2, -0.15) is 5.10 Å². The van der Waals surface area contributed by atoms with Crippen molar-refractivity contribution in [2.45, 2.75) is 39.8 Å². The van der Waals surface area contributed by atoms with Crippen LogP contribution in [0.1, 0.15) is 38.1 Å². The monoisotopic (exact) mass is 330 g/mol. The van der Waals surface area contributed by atoms with Gasteiger partial charge in [0.1, 0.15) is 0 Å². The lowest BCUT2D eigenvalue weighted by Crippen LogP contribution is -2.34. The predicted molar refractivity (Wildman–Crippen MR) is 94.9 cm³/mol. The maximum absolute atomic E-state index is 12.3. The van der Waals surface area contributed by atoms with Gasteiger partial charge in [-0.3, -0.25) is 4.68 Å². The number of benzene rings is 1. The summed E-state index contributed by atoms with van der Waals surface area (Å²) in [6.45, 7) is 6.96. The Morgan fingerprint density at radius 1 is 1.29 bits per heavy atom. The zero-order valence-corrected chi connectivity index (χ0v) is 14.5. The maximum atomic E-state index is 12.3. The molecule has 0 radical (unpaired) electrons. The van der Waals surface area contributed by atoms with E-state index in [4.69, 9.17) is 0 Å². The topological polar surface area (TPSA) is 79.2 Å². The molecule has 1 heterocycles. The Balaban J connectivity index is 2.05. The molecule has 3 N–H and O–H groups in total. The van der Waals surface area contributed by atoms with Crippen LogP contribution in [-0.2, 0) is 13.0 Å². The van der Waals surface area contributed by atoms with Crippen LogP contribution in [0.3, 0.4) is 0 Å². The van der Waals surface area contributed by atoms with Gasteiger partial charge in [0.15, 0.2) is 0 Å². The number of aliphatic hydroxyl groups is 1. The van der Waals surface area contributed by atoms with Gasteiger partial charge in [-0.25, -0.2) is 4.79 Å². The normalized spacial score (nSPS) is 12.2. The van der Waals surface area contributed by atoms with Crippen LogP contribution in [0.5, 0.6) is 0 Å². The van der Waals surface area contributed by atoms with E-state index >= 15 is 0 Å². The standard InChI is InChI=1S/C18H26N4O2/c1-4-17-15(10-19-22(17)11-13(2)3)20-18(24)21-16(12-23)14-8-6-5-7-9-14/h5-10,13,16,23H,4,11-12H2,1-3H3,(H2,20,21,24)/t16-/m1/s1. The van der Waals surface area contributed by atoms with Gasteiger partial charge in [0, 0.05) is 6.54 Å². The first kappa shape index (κ1) is 18.0. The second-order valence-corrected chi connectivity index (χ2v) is 6.18. The molecule has 0 aliphatic rings. The summed E-state index contributed by atoms with van der Waals surface area (Å²) in [4.78, 5) is 12.3. The van der Waals surface area contributed by atoms with Gasteiger partial charge in [-0.05, 0) is 17.9 Å². The van der Waals surface area contributed by atoms with Gasteiger partial charge < -0.3 is 15.7 Å². The van der Waals surface area contributed by atoms with E-state index in [-0.39, 0.29) is 12.6 Å². The number of anilines is 1. The Bertz CT molecular complexity index is 652. The molecule has 1 atom stereocenters. The summed E-state index contributed by atoms with van der Waals surface area (Å²) in [5.74, 6) is 0.480. The Kier molecular flexibility index (Phi) is 6.37. The quantitative estimate of drug-likeness (QED) is 0.730. The predicted octanol–water partition coefficient (Wildman–Crippen LogP) is 2.96. The first-order valence-electron chi connectivity index (χ1n) is 8.33. The molecule has 2 rings (SSSR count). The first-order chi connectivity index (χ1) is 11.5. The number of aliphatic hydroxyl groups excluding tert-OH is 1. The van der Waals surface area contributed by atoms with Crippen molar-refractivity contribution < 1.29 is 9.90 Å².